The molecule has 2 aromatic rings. The highest BCUT2D eigenvalue weighted by Crippen LogP contribution is 2.43. The van der Waals surface area contributed by atoms with Crippen LogP contribution in [-0.2, 0) is 17.8 Å². The van der Waals surface area contributed by atoms with Crippen molar-refractivity contribution < 1.29 is 13.9 Å². The molecule has 2 heterocycles. The van der Waals surface area contributed by atoms with E-state index in [9.17, 15) is 9.18 Å². The van der Waals surface area contributed by atoms with Gasteiger partial charge in [0.25, 0.3) is 0 Å². The first-order chi connectivity index (χ1) is 14.9. The van der Waals surface area contributed by atoms with Gasteiger partial charge in [0.15, 0.2) is 0 Å². The molecule has 0 saturated carbocycles. The van der Waals surface area contributed by atoms with Gasteiger partial charge in [0.2, 0.25) is 5.91 Å². The average molecular weight is 425 g/mol. The number of carbonyl (C=O) groups is 1. The largest absolute Gasteiger partial charge is 0.493 e. The number of benzene rings is 2. The molecule has 1 saturated heterocycles. The van der Waals surface area contributed by atoms with Gasteiger partial charge in [0.1, 0.15) is 11.6 Å². The fourth-order valence-corrected chi connectivity index (χ4v) is 4.88. The Morgan fingerprint density at radius 2 is 1.87 bits per heavy atom. The molecule has 31 heavy (non-hydrogen) atoms. The Hall–Kier alpha value is -2.40. The molecule has 4 rings (SSSR count). The molecule has 1 atom stereocenters. The Morgan fingerprint density at radius 1 is 1.16 bits per heavy atom. The van der Waals surface area contributed by atoms with E-state index in [2.05, 4.69) is 26.1 Å². The minimum absolute atomic E-state index is 0.103. The standard InChI is InChI=1S/C26H33FN2O2/c1-18(2)17-31-23-7-4-20(5-8-23)16-29-19(3)24-9-6-22(27)14-21(24)15-26(25(29)30)10-12-28-13-11-26/h4-9,14,18-19,28H,10-13,15-17H2,1-3H3. The SMILES string of the molecule is CC(C)COc1ccc(CN2C(=O)C3(CCNCC3)Cc3cc(F)ccc3C2C)cc1. The molecule has 0 bridgehead atoms. The van der Waals surface area contributed by atoms with Crippen LogP contribution in [0.5, 0.6) is 5.75 Å². The van der Waals surface area contributed by atoms with Gasteiger partial charge >= 0.3 is 0 Å². The maximum Gasteiger partial charge on any atom is 0.230 e. The first kappa shape index (κ1) is 21.8. The van der Waals surface area contributed by atoms with Gasteiger partial charge in [-0.1, -0.05) is 32.0 Å². The van der Waals surface area contributed by atoms with Crippen molar-refractivity contribution in [2.75, 3.05) is 19.7 Å². The third kappa shape index (κ3) is 4.62. The highest BCUT2D eigenvalue weighted by molar-refractivity contribution is 5.84. The van der Waals surface area contributed by atoms with Crippen molar-refractivity contribution in [3.63, 3.8) is 0 Å². The normalized spacial score (nSPS) is 20.6. The maximum absolute atomic E-state index is 14.1. The van der Waals surface area contributed by atoms with E-state index in [1.165, 1.54) is 6.07 Å². The number of halogens is 1. The molecule has 2 aliphatic rings. The van der Waals surface area contributed by atoms with E-state index in [-0.39, 0.29) is 17.8 Å². The van der Waals surface area contributed by atoms with Crippen LogP contribution in [0.15, 0.2) is 42.5 Å². The van der Waals surface area contributed by atoms with Crippen LogP contribution in [0.4, 0.5) is 4.39 Å². The van der Waals surface area contributed by atoms with E-state index >= 15 is 0 Å². The number of nitrogens with one attached hydrogen (secondary N) is 1. The zero-order valence-electron chi connectivity index (χ0n) is 18.8. The van der Waals surface area contributed by atoms with Crippen molar-refractivity contribution >= 4 is 5.91 Å². The molecular formula is C26H33FN2O2. The lowest BCUT2D eigenvalue weighted by Crippen LogP contribution is -2.49. The molecule has 0 aliphatic carbocycles. The van der Waals surface area contributed by atoms with Crippen LogP contribution >= 0.6 is 0 Å². The van der Waals surface area contributed by atoms with Crippen molar-refractivity contribution in [1.82, 2.24) is 10.2 Å². The summed E-state index contributed by atoms with van der Waals surface area (Å²) in [6.07, 6.45) is 2.18. The van der Waals surface area contributed by atoms with Gasteiger partial charge in [-0.3, -0.25) is 4.79 Å². The fraction of sp³-hybridized carbons (Fsp3) is 0.500. The quantitative estimate of drug-likeness (QED) is 0.744. The summed E-state index contributed by atoms with van der Waals surface area (Å²) in [4.78, 5) is 15.9. The van der Waals surface area contributed by atoms with E-state index in [1.54, 1.807) is 6.07 Å². The Kier molecular flexibility index (Phi) is 6.33. The van der Waals surface area contributed by atoms with Gasteiger partial charge in [-0.2, -0.15) is 0 Å². The third-order valence-electron chi connectivity index (χ3n) is 6.69. The monoisotopic (exact) mass is 424 g/mol. The zero-order chi connectivity index (χ0) is 22.0. The first-order valence-electron chi connectivity index (χ1n) is 11.4. The molecule has 0 aromatic heterocycles. The molecule has 5 heteroatoms. The van der Waals surface area contributed by atoms with Crippen LogP contribution in [0.25, 0.3) is 0 Å². The first-order valence-corrected chi connectivity index (χ1v) is 11.4. The summed E-state index contributed by atoms with van der Waals surface area (Å²) < 4.78 is 19.9. The molecular weight excluding hydrogens is 391 g/mol. The van der Waals surface area contributed by atoms with Crippen molar-refractivity contribution in [3.8, 4) is 5.75 Å². The summed E-state index contributed by atoms with van der Waals surface area (Å²) >= 11 is 0. The highest BCUT2D eigenvalue weighted by Gasteiger charge is 2.46. The Labute approximate surface area is 184 Å². The lowest BCUT2D eigenvalue weighted by atomic mass is 9.73. The fourth-order valence-electron chi connectivity index (χ4n) is 4.88. The Bertz CT molecular complexity index is 920. The second kappa shape index (κ2) is 8.99. The summed E-state index contributed by atoms with van der Waals surface area (Å²) in [5.41, 5.74) is 2.65. The summed E-state index contributed by atoms with van der Waals surface area (Å²) in [6.45, 7) is 9.18. The molecule has 2 aromatic carbocycles. The molecule has 1 unspecified atom stereocenters. The zero-order valence-corrected chi connectivity index (χ0v) is 18.8. The number of amides is 1. The lowest BCUT2D eigenvalue weighted by Gasteiger charge is -2.39. The van der Waals surface area contributed by atoms with E-state index in [0.717, 1.165) is 48.4 Å². The minimum Gasteiger partial charge on any atom is -0.493 e. The van der Waals surface area contributed by atoms with Crippen molar-refractivity contribution in [1.29, 1.82) is 0 Å². The van der Waals surface area contributed by atoms with Gasteiger partial charge in [0, 0.05) is 6.54 Å². The number of ether oxygens (including phenoxy) is 1. The molecule has 2 aliphatic heterocycles. The van der Waals surface area contributed by atoms with Crippen LogP contribution in [0.3, 0.4) is 0 Å². The smallest absolute Gasteiger partial charge is 0.230 e. The summed E-state index contributed by atoms with van der Waals surface area (Å²) in [5.74, 6) is 1.29. The molecule has 4 nitrogen and oxygen atoms in total. The molecule has 1 N–H and O–H groups in total. The van der Waals surface area contributed by atoms with E-state index in [0.29, 0.717) is 25.5 Å². The lowest BCUT2D eigenvalue weighted by molar-refractivity contribution is -0.146. The average Bonchev–Trinajstić information content (AvgIpc) is 2.83. The predicted molar refractivity (Wildman–Crippen MR) is 120 cm³/mol. The van der Waals surface area contributed by atoms with Crippen molar-refractivity contribution in [3.05, 3.63) is 65.0 Å². The Morgan fingerprint density at radius 3 is 2.55 bits per heavy atom. The summed E-state index contributed by atoms with van der Waals surface area (Å²) in [5, 5.41) is 3.38. The van der Waals surface area contributed by atoms with Gasteiger partial charge in [-0.25, -0.2) is 4.39 Å². The summed E-state index contributed by atoms with van der Waals surface area (Å²) in [7, 11) is 0. The maximum atomic E-state index is 14.1. The molecule has 0 radical (unpaired) electrons. The molecule has 166 valence electrons. The van der Waals surface area contributed by atoms with Crippen molar-refractivity contribution in [2.45, 2.75) is 52.6 Å². The number of piperidine rings is 1. The van der Waals surface area contributed by atoms with E-state index < -0.39 is 5.41 Å². The number of fused-ring (bicyclic) bond motifs is 1. The highest BCUT2D eigenvalue weighted by atomic mass is 19.1. The van der Waals surface area contributed by atoms with Gasteiger partial charge < -0.3 is 15.0 Å². The number of rotatable bonds is 5. The van der Waals surface area contributed by atoms with Crippen LogP contribution in [-0.4, -0.2) is 30.5 Å². The predicted octanol–water partition coefficient (Wildman–Crippen LogP) is 4.88. The number of hydrogen-bond acceptors (Lipinski definition) is 3. The Balaban J connectivity index is 1.63. The second-order valence-electron chi connectivity index (χ2n) is 9.51. The second-order valence-corrected chi connectivity index (χ2v) is 9.51. The van der Waals surface area contributed by atoms with Crippen LogP contribution in [0.2, 0.25) is 0 Å². The molecule has 1 spiro atoms. The van der Waals surface area contributed by atoms with Gasteiger partial charge in [-0.05, 0) is 86.1 Å². The van der Waals surface area contributed by atoms with E-state index in [1.807, 2.05) is 35.2 Å². The van der Waals surface area contributed by atoms with Gasteiger partial charge in [0.05, 0.1) is 18.1 Å². The molecule has 1 fully saturated rings. The number of carbonyl (C=O) groups excluding carboxylic acids is 1. The van der Waals surface area contributed by atoms with Crippen LogP contribution in [0.1, 0.15) is 56.3 Å². The van der Waals surface area contributed by atoms with Crippen LogP contribution < -0.4 is 10.1 Å². The van der Waals surface area contributed by atoms with Crippen LogP contribution in [0, 0.1) is 17.2 Å². The topological polar surface area (TPSA) is 41.6 Å². The third-order valence-corrected chi connectivity index (χ3v) is 6.69. The number of nitrogens with zero attached hydrogens (tertiary/aromatic N) is 1. The summed E-state index contributed by atoms with van der Waals surface area (Å²) in [6, 6.07) is 12.9. The number of hydrogen-bond donors (Lipinski definition) is 1. The van der Waals surface area contributed by atoms with E-state index in [4.69, 9.17) is 4.74 Å². The molecule has 1 amide bonds. The minimum atomic E-state index is -0.459. The van der Waals surface area contributed by atoms with Crippen molar-refractivity contribution in [2.24, 2.45) is 11.3 Å². The van der Waals surface area contributed by atoms with Gasteiger partial charge in [-0.15, -0.1) is 0 Å².